The van der Waals surface area contributed by atoms with Crippen molar-refractivity contribution in [2.24, 2.45) is 0 Å². The van der Waals surface area contributed by atoms with Gasteiger partial charge in [0.15, 0.2) is 6.10 Å². The van der Waals surface area contributed by atoms with E-state index in [-0.39, 0.29) is 22.8 Å². The predicted octanol–water partition coefficient (Wildman–Crippen LogP) is 4.57. The lowest BCUT2D eigenvalue weighted by atomic mass is 9.80. The topological polar surface area (TPSA) is 38.3 Å². The van der Waals surface area contributed by atoms with Gasteiger partial charge in [-0.15, -0.1) is 0 Å². The first kappa shape index (κ1) is 19.5. The molecule has 1 atom stereocenters. The molecule has 1 N–H and O–H groups in total. The summed E-state index contributed by atoms with van der Waals surface area (Å²) in [6, 6.07) is 6.42. The van der Waals surface area contributed by atoms with Gasteiger partial charge in [-0.05, 0) is 48.8 Å². The standard InChI is InChI=1S/C20H33NO2/c1-13(2)21-18(22)14(3)23-17-11-10-15(19(4,5)6)12-16(17)20(7,8)9/h10-14H,1-9H3,(H,21,22). The minimum Gasteiger partial charge on any atom is -0.481 e. The van der Waals surface area contributed by atoms with Gasteiger partial charge in [-0.25, -0.2) is 0 Å². The zero-order valence-electron chi connectivity index (χ0n) is 16.2. The number of carbonyl (C=O) groups excluding carboxylic acids is 1. The second-order valence-electron chi connectivity index (χ2n) is 8.63. The van der Waals surface area contributed by atoms with E-state index in [0.717, 1.165) is 11.3 Å². The summed E-state index contributed by atoms with van der Waals surface area (Å²) in [5.74, 6) is 0.705. The fourth-order valence-electron chi connectivity index (χ4n) is 2.33. The van der Waals surface area contributed by atoms with Crippen LogP contribution in [-0.2, 0) is 15.6 Å². The van der Waals surface area contributed by atoms with Crippen molar-refractivity contribution in [1.29, 1.82) is 0 Å². The van der Waals surface area contributed by atoms with Crippen molar-refractivity contribution >= 4 is 5.91 Å². The maximum absolute atomic E-state index is 12.1. The molecule has 0 heterocycles. The Kier molecular flexibility index (Phi) is 5.89. The Labute approximate surface area is 141 Å². The number of rotatable bonds is 4. The molecule has 0 radical (unpaired) electrons. The highest BCUT2D eigenvalue weighted by Crippen LogP contribution is 2.35. The van der Waals surface area contributed by atoms with Crippen LogP contribution in [0.2, 0.25) is 0 Å². The highest BCUT2D eigenvalue weighted by atomic mass is 16.5. The molecule has 1 unspecified atom stereocenters. The van der Waals surface area contributed by atoms with Crippen LogP contribution in [0.1, 0.15) is 73.4 Å². The van der Waals surface area contributed by atoms with Crippen LogP contribution < -0.4 is 10.1 Å². The molecule has 0 bridgehead atoms. The first-order valence-corrected chi connectivity index (χ1v) is 8.44. The summed E-state index contributed by atoms with van der Waals surface area (Å²) in [5.41, 5.74) is 2.44. The minimum absolute atomic E-state index is 0.0508. The number of benzene rings is 1. The summed E-state index contributed by atoms with van der Waals surface area (Å²) in [6.45, 7) is 18.8. The van der Waals surface area contributed by atoms with Gasteiger partial charge in [0.2, 0.25) is 0 Å². The predicted molar refractivity (Wildman–Crippen MR) is 97.2 cm³/mol. The van der Waals surface area contributed by atoms with Crippen LogP contribution in [0.25, 0.3) is 0 Å². The lowest BCUT2D eigenvalue weighted by Gasteiger charge is -2.28. The Balaban J connectivity index is 3.14. The van der Waals surface area contributed by atoms with Crippen molar-refractivity contribution in [1.82, 2.24) is 5.32 Å². The number of carbonyl (C=O) groups is 1. The van der Waals surface area contributed by atoms with Crippen LogP contribution in [0.5, 0.6) is 5.75 Å². The van der Waals surface area contributed by atoms with Crippen molar-refractivity contribution in [2.45, 2.75) is 85.3 Å². The van der Waals surface area contributed by atoms with Gasteiger partial charge in [0, 0.05) is 6.04 Å². The third kappa shape index (κ3) is 5.56. The first-order chi connectivity index (χ1) is 10.3. The van der Waals surface area contributed by atoms with Gasteiger partial charge in [0.1, 0.15) is 5.75 Å². The number of ether oxygens (including phenoxy) is 1. The van der Waals surface area contributed by atoms with Crippen LogP contribution in [0.15, 0.2) is 18.2 Å². The molecule has 3 heteroatoms. The minimum atomic E-state index is -0.515. The molecule has 0 saturated heterocycles. The number of nitrogens with one attached hydrogen (secondary N) is 1. The van der Waals surface area contributed by atoms with E-state index < -0.39 is 6.10 Å². The smallest absolute Gasteiger partial charge is 0.260 e. The molecule has 23 heavy (non-hydrogen) atoms. The molecular weight excluding hydrogens is 286 g/mol. The van der Waals surface area contributed by atoms with Gasteiger partial charge < -0.3 is 10.1 Å². The van der Waals surface area contributed by atoms with Crippen LogP contribution in [0.4, 0.5) is 0 Å². The van der Waals surface area contributed by atoms with Crippen LogP contribution in [0.3, 0.4) is 0 Å². The molecule has 1 rings (SSSR count). The van der Waals surface area contributed by atoms with Crippen LogP contribution in [0, 0.1) is 0 Å². The van der Waals surface area contributed by atoms with Crippen molar-refractivity contribution in [3.8, 4) is 5.75 Å². The Morgan fingerprint density at radius 2 is 1.57 bits per heavy atom. The molecular formula is C20H33NO2. The molecule has 0 aliphatic carbocycles. The summed E-state index contributed by atoms with van der Waals surface area (Å²) in [7, 11) is 0. The van der Waals surface area contributed by atoms with Gasteiger partial charge in [-0.1, -0.05) is 53.7 Å². The summed E-state index contributed by atoms with van der Waals surface area (Å²) in [5, 5.41) is 2.89. The third-order valence-corrected chi connectivity index (χ3v) is 3.76. The maximum atomic E-state index is 12.1. The Hall–Kier alpha value is -1.51. The fraction of sp³-hybridized carbons (Fsp3) is 0.650. The summed E-state index contributed by atoms with van der Waals surface area (Å²) < 4.78 is 5.99. The number of amides is 1. The van der Waals surface area contributed by atoms with Crippen LogP contribution >= 0.6 is 0 Å². The number of hydrogen-bond acceptors (Lipinski definition) is 2. The van der Waals surface area contributed by atoms with Crippen molar-refractivity contribution in [2.75, 3.05) is 0 Å². The quantitative estimate of drug-likeness (QED) is 0.882. The van der Waals surface area contributed by atoms with E-state index in [1.54, 1.807) is 6.92 Å². The van der Waals surface area contributed by atoms with Gasteiger partial charge >= 0.3 is 0 Å². The molecule has 0 aliphatic rings. The van der Waals surface area contributed by atoms with E-state index in [0.29, 0.717) is 0 Å². The highest BCUT2D eigenvalue weighted by Gasteiger charge is 2.25. The van der Waals surface area contributed by atoms with E-state index in [9.17, 15) is 4.79 Å². The summed E-state index contributed by atoms with van der Waals surface area (Å²) in [6.07, 6.45) is -0.515. The number of hydrogen-bond donors (Lipinski definition) is 1. The second-order valence-corrected chi connectivity index (χ2v) is 8.63. The van der Waals surface area contributed by atoms with E-state index in [2.05, 4.69) is 59.0 Å². The van der Waals surface area contributed by atoms with E-state index in [1.807, 2.05) is 19.9 Å². The molecule has 0 spiro atoms. The zero-order chi connectivity index (χ0) is 18.0. The molecule has 0 aliphatic heterocycles. The molecule has 1 amide bonds. The molecule has 130 valence electrons. The maximum Gasteiger partial charge on any atom is 0.260 e. The molecule has 3 nitrogen and oxygen atoms in total. The largest absolute Gasteiger partial charge is 0.481 e. The molecule has 1 aromatic carbocycles. The average molecular weight is 319 g/mol. The SMILES string of the molecule is CC(C)NC(=O)C(C)Oc1ccc(C(C)(C)C)cc1C(C)(C)C. The van der Waals surface area contributed by atoms with Gasteiger partial charge in [0.05, 0.1) is 0 Å². The normalized spacial score (nSPS) is 13.8. The van der Waals surface area contributed by atoms with E-state index in [4.69, 9.17) is 4.74 Å². The molecule has 0 fully saturated rings. The van der Waals surface area contributed by atoms with Gasteiger partial charge in [-0.3, -0.25) is 4.79 Å². The Morgan fingerprint density at radius 3 is 2.00 bits per heavy atom. The van der Waals surface area contributed by atoms with Crippen molar-refractivity contribution in [3.05, 3.63) is 29.3 Å². The monoisotopic (exact) mass is 319 g/mol. The van der Waals surface area contributed by atoms with Crippen molar-refractivity contribution in [3.63, 3.8) is 0 Å². The van der Waals surface area contributed by atoms with Crippen LogP contribution in [-0.4, -0.2) is 18.1 Å². The summed E-state index contributed by atoms with van der Waals surface area (Å²) >= 11 is 0. The second kappa shape index (κ2) is 6.94. The lowest BCUT2D eigenvalue weighted by molar-refractivity contribution is -0.127. The fourth-order valence-corrected chi connectivity index (χ4v) is 2.33. The third-order valence-electron chi connectivity index (χ3n) is 3.76. The average Bonchev–Trinajstić information content (AvgIpc) is 2.35. The summed E-state index contributed by atoms with van der Waals surface area (Å²) in [4.78, 5) is 12.1. The molecule has 0 saturated carbocycles. The first-order valence-electron chi connectivity index (χ1n) is 8.44. The van der Waals surface area contributed by atoms with E-state index in [1.165, 1.54) is 5.56 Å². The van der Waals surface area contributed by atoms with E-state index >= 15 is 0 Å². The Bertz CT molecular complexity index is 548. The highest BCUT2D eigenvalue weighted by molar-refractivity contribution is 5.81. The molecule has 0 aromatic heterocycles. The van der Waals surface area contributed by atoms with Gasteiger partial charge in [0.25, 0.3) is 5.91 Å². The Morgan fingerprint density at radius 1 is 1.00 bits per heavy atom. The zero-order valence-corrected chi connectivity index (χ0v) is 16.2. The lowest BCUT2D eigenvalue weighted by Crippen LogP contribution is -2.40. The van der Waals surface area contributed by atoms with Gasteiger partial charge in [-0.2, -0.15) is 0 Å². The molecule has 1 aromatic rings. The van der Waals surface area contributed by atoms with Crippen molar-refractivity contribution < 1.29 is 9.53 Å².